The fourth-order valence-electron chi connectivity index (χ4n) is 1.94. The lowest BCUT2D eigenvalue weighted by molar-refractivity contribution is 0.586. The molecule has 1 N–H and O–H groups in total. The molecule has 0 saturated heterocycles. The molecule has 0 aliphatic carbocycles. The van der Waals surface area contributed by atoms with Crippen molar-refractivity contribution in [3.63, 3.8) is 0 Å². The molecule has 2 aromatic carbocycles. The van der Waals surface area contributed by atoms with Gasteiger partial charge in [-0.15, -0.1) is 0 Å². The van der Waals surface area contributed by atoms with E-state index in [1.54, 1.807) is 0 Å². The first kappa shape index (κ1) is 14.0. The van der Waals surface area contributed by atoms with Gasteiger partial charge in [0, 0.05) is 11.0 Å². The molecule has 0 aliphatic heterocycles. The van der Waals surface area contributed by atoms with E-state index in [9.17, 15) is 8.78 Å². The summed E-state index contributed by atoms with van der Waals surface area (Å²) in [5.74, 6) is -1.20. The Labute approximate surface area is 119 Å². The van der Waals surface area contributed by atoms with Crippen molar-refractivity contribution in [2.45, 2.75) is 20.4 Å². The van der Waals surface area contributed by atoms with Crippen LogP contribution in [-0.4, -0.2) is 0 Å². The fourth-order valence-corrected chi connectivity index (χ4v) is 2.34. The summed E-state index contributed by atoms with van der Waals surface area (Å²) in [6.07, 6.45) is 0. The van der Waals surface area contributed by atoms with Crippen molar-refractivity contribution < 1.29 is 8.78 Å². The fraction of sp³-hybridized carbons (Fsp3) is 0.200. The van der Waals surface area contributed by atoms with Crippen LogP contribution >= 0.6 is 15.9 Å². The smallest absolute Gasteiger partial charge is 0.150 e. The van der Waals surface area contributed by atoms with Crippen LogP contribution in [0.5, 0.6) is 0 Å². The van der Waals surface area contributed by atoms with E-state index in [-0.39, 0.29) is 5.69 Å². The van der Waals surface area contributed by atoms with Crippen LogP contribution in [0.2, 0.25) is 0 Å². The summed E-state index contributed by atoms with van der Waals surface area (Å²) in [4.78, 5) is 0. The maximum Gasteiger partial charge on any atom is 0.150 e. The van der Waals surface area contributed by atoms with Crippen molar-refractivity contribution >= 4 is 21.6 Å². The van der Waals surface area contributed by atoms with E-state index in [4.69, 9.17) is 0 Å². The molecule has 0 saturated carbocycles. The average molecular weight is 326 g/mol. The van der Waals surface area contributed by atoms with Gasteiger partial charge in [0.15, 0.2) is 0 Å². The van der Waals surface area contributed by atoms with Crippen LogP contribution in [-0.2, 0) is 6.54 Å². The van der Waals surface area contributed by atoms with Gasteiger partial charge in [0.1, 0.15) is 17.3 Å². The second kappa shape index (κ2) is 5.70. The molecule has 0 aromatic heterocycles. The maximum absolute atomic E-state index is 13.6. The van der Waals surface area contributed by atoms with Gasteiger partial charge in [-0.1, -0.05) is 39.7 Å². The van der Waals surface area contributed by atoms with Crippen LogP contribution in [0.15, 0.2) is 34.8 Å². The number of rotatable bonds is 3. The van der Waals surface area contributed by atoms with Crippen molar-refractivity contribution in [2.24, 2.45) is 0 Å². The van der Waals surface area contributed by atoms with E-state index in [0.29, 0.717) is 11.0 Å². The first-order valence-electron chi connectivity index (χ1n) is 5.92. The quantitative estimate of drug-likeness (QED) is 0.841. The highest BCUT2D eigenvalue weighted by Gasteiger charge is 2.10. The van der Waals surface area contributed by atoms with Crippen LogP contribution in [0.4, 0.5) is 14.5 Å². The zero-order valence-electron chi connectivity index (χ0n) is 10.7. The molecule has 0 fully saturated rings. The monoisotopic (exact) mass is 325 g/mol. The molecule has 2 aromatic rings. The molecule has 0 bridgehead atoms. The van der Waals surface area contributed by atoms with E-state index in [1.807, 2.05) is 32.0 Å². The lowest BCUT2D eigenvalue weighted by Crippen LogP contribution is -2.05. The zero-order chi connectivity index (χ0) is 14.0. The molecule has 1 nitrogen and oxygen atoms in total. The third kappa shape index (κ3) is 3.32. The second-order valence-electron chi connectivity index (χ2n) is 4.53. The highest BCUT2D eigenvalue weighted by atomic mass is 79.9. The van der Waals surface area contributed by atoms with Gasteiger partial charge in [0.2, 0.25) is 0 Å². The number of hydrogen-bond donors (Lipinski definition) is 1. The molecule has 4 heteroatoms. The number of aryl methyl sites for hydroxylation is 2. The summed E-state index contributed by atoms with van der Waals surface area (Å²) in [5, 5.41) is 2.81. The molecule has 0 aliphatic rings. The standard InChI is InChI=1S/C15H14BrF2N/c1-9-3-4-11(10(2)5-9)8-19-15-13(17)6-12(16)7-14(15)18/h3-7,19H,8H2,1-2H3. The van der Waals surface area contributed by atoms with Crippen LogP contribution in [0.3, 0.4) is 0 Å². The van der Waals surface area contributed by atoms with Gasteiger partial charge in [-0.3, -0.25) is 0 Å². The Bertz CT molecular complexity index is 588. The van der Waals surface area contributed by atoms with E-state index in [2.05, 4.69) is 21.2 Å². The van der Waals surface area contributed by atoms with Crippen LogP contribution < -0.4 is 5.32 Å². The first-order chi connectivity index (χ1) is 8.97. The third-order valence-electron chi connectivity index (χ3n) is 2.96. The summed E-state index contributed by atoms with van der Waals surface area (Å²) < 4.78 is 27.7. The van der Waals surface area contributed by atoms with E-state index in [0.717, 1.165) is 11.1 Å². The van der Waals surface area contributed by atoms with Gasteiger partial charge < -0.3 is 5.32 Å². The average Bonchev–Trinajstić information content (AvgIpc) is 2.30. The Hall–Kier alpha value is -1.42. The molecule has 0 spiro atoms. The van der Waals surface area contributed by atoms with Crippen molar-refractivity contribution in [1.82, 2.24) is 0 Å². The van der Waals surface area contributed by atoms with Crippen LogP contribution in [0.25, 0.3) is 0 Å². The number of anilines is 1. The van der Waals surface area contributed by atoms with Crippen molar-refractivity contribution in [2.75, 3.05) is 5.32 Å². The lowest BCUT2D eigenvalue weighted by Gasteiger charge is -2.11. The summed E-state index contributed by atoms with van der Waals surface area (Å²) in [6, 6.07) is 8.48. The van der Waals surface area contributed by atoms with E-state index >= 15 is 0 Å². The molecule has 0 atom stereocenters. The predicted molar refractivity (Wildman–Crippen MR) is 77.3 cm³/mol. The summed E-state index contributed by atoms with van der Waals surface area (Å²) in [7, 11) is 0. The SMILES string of the molecule is Cc1ccc(CNc2c(F)cc(Br)cc2F)c(C)c1. The highest BCUT2D eigenvalue weighted by molar-refractivity contribution is 9.10. The minimum atomic E-state index is -0.600. The molecular formula is C15H14BrF2N. The molecule has 0 heterocycles. The van der Waals surface area contributed by atoms with Crippen molar-refractivity contribution in [3.05, 3.63) is 63.1 Å². The Kier molecular flexibility index (Phi) is 4.20. The van der Waals surface area contributed by atoms with Crippen LogP contribution in [0.1, 0.15) is 16.7 Å². The highest BCUT2D eigenvalue weighted by Crippen LogP contribution is 2.24. The number of nitrogens with one attached hydrogen (secondary N) is 1. The maximum atomic E-state index is 13.6. The minimum absolute atomic E-state index is 0.0943. The van der Waals surface area contributed by atoms with Gasteiger partial charge in [-0.05, 0) is 37.1 Å². The van der Waals surface area contributed by atoms with Crippen molar-refractivity contribution in [1.29, 1.82) is 0 Å². The first-order valence-corrected chi connectivity index (χ1v) is 6.71. The van der Waals surface area contributed by atoms with Crippen molar-refractivity contribution in [3.8, 4) is 0 Å². The van der Waals surface area contributed by atoms with Gasteiger partial charge >= 0.3 is 0 Å². The summed E-state index contributed by atoms with van der Waals surface area (Å²) >= 11 is 3.05. The van der Waals surface area contributed by atoms with Gasteiger partial charge in [-0.25, -0.2) is 8.78 Å². The minimum Gasteiger partial charge on any atom is -0.376 e. The molecule has 0 unspecified atom stereocenters. The number of hydrogen-bond acceptors (Lipinski definition) is 1. The van der Waals surface area contributed by atoms with E-state index in [1.165, 1.54) is 17.7 Å². The second-order valence-corrected chi connectivity index (χ2v) is 5.44. The van der Waals surface area contributed by atoms with Crippen LogP contribution in [0, 0.1) is 25.5 Å². The largest absolute Gasteiger partial charge is 0.376 e. The normalized spacial score (nSPS) is 10.6. The Balaban J connectivity index is 2.19. The Morgan fingerprint density at radius 1 is 1.05 bits per heavy atom. The number of halogens is 3. The third-order valence-corrected chi connectivity index (χ3v) is 3.42. The van der Waals surface area contributed by atoms with Gasteiger partial charge in [-0.2, -0.15) is 0 Å². The number of benzene rings is 2. The topological polar surface area (TPSA) is 12.0 Å². The Morgan fingerprint density at radius 2 is 1.68 bits per heavy atom. The Morgan fingerprint density at radius 3 is 2.26 bits per heavy atom. The molecule has 19 heavy (non-hydrogen) atoms. The predicted octanol–water partition coefficient (Wildman–Crippen LogP) is 4.96. The molecule has 0 radical (unpaired) electrons. The zero-order valence-corrected chi connectivity index (χ0v) is 12.3. The molecular weight excluding hydrogens is 312 g/mol. The molecule has 2 rings (SSSR count). The molecule has 100 valence electrons. The lowest BCUT2D eigenvalue weighted by atomic mass is 10.1. The molecule has 0 amide bonds. The van der Waals surface area contributed by atoms with Gasteiger partial charge in [0.25, 0.3) is 0 Å². The summed E-state index contributed by atoms with van der Waals surface area (Å²) in [6.45, 7) is 4.39. The summed E-state index contributed by atoms with van der Waals surface area (Å²) in [5.41, 5.74) is 3.20. The van der Waals surface area contributed by atoms with E-state index < -0.39 is 11.6 Å². The van der Waals surface area contributed by atoms with Gasteiger partial charge in [0.05, 0.1) is 0 Å².